The highest BCUT2D eigenvalue weighted by Crippen LogP contribution is 2.27. The smallest absolute Gasteiger partial charge is 0.325 e. The zero-order valence-electron chi connectivity index (χ0n) is 12.3. The van der Waals surface area contributed by atoms with E-state index in [1.165, 1.54) is 16.9 Å². The number of halogens is 3. The number of nitrogens with one attached hydrogen (secondary N) is 1. The summed E-state index contributed by atoms with van der Waals surface area (Å²) in [5.41, 5.74) is 2.39. The zero-order valence-corrected chi connectivity index (χ0v) is 12.3. The number of aromatic nitrogens is 3. The van der Waals surface area contributed by atoms with Crippen molar-refractivity contribution in [2.24, 2.45) is 5.92 Å². The van der Waals surface area contributed by atoms with Gasteiger partial charge in [0.15, 0.2) is 0 Å². The van der Waals surface area contributed by atoms with Crippen LogP contribution in [-0.2, 0) is 4.79 Å². The SMILES string of the molecule is Cc1cnn(-c2cc(NC(=O)C(C)C(F)(F)F)ccc2C)n1. The van der Waals surface area contributed by atoms with Crippen molar-refractivity contribution in [2.75, 3.05) is 5.32 Å². The zero-order chi connectivity index (χ0) is 16.5. The molecule has 0 fully saturated rings. The molecule has 1 atom stereocenters. The molecule has 0 radical (unpaired) electrons. The van der Waals surface area contributed by atoms with E-state index < -0.39 is 18.0 Å². The van der Waals surface area contributed by atoms with Gasteiger partial charge in [-0.05, 0) is 38.5 Å². The minimum atomic E-state index is -4.57. The van der Waals surface area contributed by atoms with Crippen LogP contribution in [0.5, 0.6) is 0 Å². The third kappa shape index (κ3) is 3.44. The first-order valence-electron chi connectivity index (χ1n) is 6.56. The molecule has 22 heavy (non-hydrogen) atoms. The maximum atomic E-state index is 12.5. The summed E-state index contributed by atoms with van der Waals surface area (Å²) in [5, 5.41) is 10.5. The van der Waals surface area contributed by atoms with Crippen molar-refractivity contribution < 1.29 is 18.0 Å². The molecule has 1 aromatic carbocycles. The standard InChI is InChI=1S/C14H15F3N4O/c1-8-4-5-11(19-13(22)10(3)14(15,16)17)6-12(8)21-18-7-9(2)20-21/h4-7,10H,1-3H3,(H,19,22). The fraction of sp³-hybridized carbons (Fsp3) is 0.357. The van der Waals surface area contributed by atoms with Crippen molar-refractivity contribution in [3.63, 3.8) is 0 Å². The molecule has 0 aliphatic carbocycles. The number of rotatable bonds is 3. The predicted molar refractivity (Wildman–Crippen MR) is 74.7 cm³/mol. The lowest BCUT2D eigenvalue weighted by Crippen LogP contribution is -2.32. The van der Waals surface area contributed by atoms with Gasteiger partial charge in [-0.1, -0.05) is 6.07 Å². The molecule has 1 aromatic heterocycles. The van der Waals surface area contributed by atoms with Crippen LogP contribution in [0, 0.1) is 19.8 Å². The molecule has 5 nitrogen and oxygen atoms in total. The highest BCUT2D eigenvalue weighted by atomic mass is 19.4. The van der Waals surface area contributed by atoms with Gasteiger partial charge in [0.25, 0.3) is 0 Å². The molecule has 8 heteroatoms. The largest absolute Gasteiger partial charge is 0.400 e. The molecule has 0 saturated carbocycles. The Kier molecular flexibility index (Phi) is 4.20. The Bertz CT molecular complexity index is 694. The molecular weight excluding hydrogens is 297 g/mol. The molecule has 1 N–H and O–H groups in total. The first-order valence-corrected chi connectivity index (χ1v) is 6.56. The maximum Gasteiger partial charge on any atom is 0.400 e. The topological polar surface area (TPSA) is 59.8 Å². The van der Waals surface area contributed by atoms with E-state index in [0.717, 1.165) is 12.5 Å². The van der Waals surface area contributed by atoms with Gasteiger partial charge in [-0.15, -0.1) is 0 Å². The number of hydrogen-bond acceptors (Lipinski definition) is 3. The molecular formula is C14H15F3N4O. The van der Waals surface area contributed by atoms with Crippen molar-refractivity contribution in [1.82, 2.24) is 15.0 Å². The number of benzene rings is 1. The molecule has 0 saturated heterocycles. The minimum absolute atomic E-state index is 0.261. The van der Waals surface area contributed by atoms with Gasteiger partial charge in [0.2, 0.25) is 5.91 Å². The second kappa shape index (κ2) is 5.78. The monoisotopic (exact) mass is 312 g/mol. The van der Waals surface area contributed by atoms with Crippen LogP contribution < -0.4 is 5.32 Å². The molecule has 1 unspecified atom stereocenters. The fourth-order valence-corrected chi connectivity index (χ4v) is 1.76. The molecule has 0 bridgehead atoms. The molecule has 0 spiro atoms. The Morgan fingerprint density at radius 1 is 1.32 bits per heavy atom. The van der Waals surface area contributed by atoms with Crippen LogP contribution in [0.1, 0.15) is 18.2 Å². The van der Waals surface area contributed by atoms with E-state index in [4.69, 9.17) is 0 Å². The summed E-state index contributed by atoms with van der Waals surface area (Å²) < 4.78 is 37.6. The van der Waals surface area contributed by atoms with Gasteiger partial charge in [0.05, 0.1) is 17.6 Å². The van der Waals surface area contributed by atoms with Crippen LogP contribution in [0.4, 0.5) is 18.9 Å². The van der Waals surface area contributed by atoms with Crippen LogP contribution in [0.3, 0.4) is 0 Å². The van der Waals surface area contributed by atoms with Crippen molar-refractivity contribution >= 4 is 11.6 Å². The number of aryl methyl sites for hydroxylation is 2. The summed E-state index contributed by atoms with van der Waals surface area (Å²) >= 11 is 0. The minimum Gasteiger partial charge on any atom is -0.325 e. The predicted octanol–water partition coefficient (Wildman–Crippen LogP) is 3.02. The molecule has 1 amide bonds. The average Bonchev–Trinajstić information content (AvgIpc) is 2.85. The Hall–Kier alpha value is -2.38. The second-order valence-corrected chi connectivity index (χ2v) is 5.03. The van der Waals surface area contributed by atoms with E-state index in [9.17, 15) is 18.0 Å². The Labute approximate surface area is 125 Å². The lowest BCUT2D eigenvalue weighted by atomic mass is 10.1. The third-order valence-electron chi connectivity index (χ3n) is 3.18. The highest BCUT2D eigenvalue weighted by molar-refractivity contribution is 5.93. The molecule has 118 valence electrons. The molecule has 0 aliphatic rings. The van der Waals surface area contributed by atoms with Gasteiger partial charge < -0.3 is 5.32 Å². The van der Waals surface area contributed by atoms with E-state index in [2.05, 4.69) is 15.5 Å². The number of carbonyl (C=O) groups excluding carboxylic acids is 1. The first-order chi connectivity index (χ1) is 10.2. The van der Waals surface area contributed by atoms with Crippen LogP contribution in [-0.4, -0.2) is 27.1 Å². The fourth-order valence-electron chi connectivity index (χ4n) is 1.76. The van der Waals surface area contributed by atoms with Crippen molar-refractivity contribution in [3.05, 3.63) is 35.7 Å². The first kappa shape index (κ1) is 16.0. The summed E-state index contributed by atoms with van der Waals surface area (Å²) in [6, 6.07) is 4.76. The highest BCUT2D eigenvalue weighted by Gasteiger charge is 2.41. The van der Waals surface area contributed by atoms with Gasteiger partial charge in [-0.25, -0.2) is 0 Å². The van der Waals surface area contributed by atoms with E-state index in [1.807, 2.05) is 6.92 Å². The molecule has 1 heterocycles. The van der Waals surface area contributed by atoms with Crippen LogP contribution in [0.2, 0.25) is 0 Å². The maximum absolute atomic E-state index is 12.5. The van der Waals surface area contributed by atoms with Crippen LogP contribution >= 0.6 is 0 Å². The van der Waals surface area contributed by atoms with E-state index in [0.29, 0.717) is 11.4 Å². The number of anilines is 1. The summed E-state index contributed by atoms with van der Waals surface area (Å²) in [7, 11) is 0. The van der Waals surface area contributed by atoms with Crippen molar-refractivity contribution in [1.29, 1.82) is 0 Å². The van der Waals surface area contributed by atoms with E-state index in [1.54, 1.807) is 19.2 Å². The van der Waals surface area contributed by atoms with E-state index >= 15 is 0 Å². The lowest BCUT2D eigenvalue weighted by Gasteiger charge is -2.16. The van der Waals surface area contributed by atoms with Crippen LogP contribution in [0.15, 0.2) is 24.4 Å². The molecule has 2 aromatic rings. The number of carbonyl (C=O) groups is 1. The number of alkyl halides is 3. The number of hydrogen-bond donors (Lipinski definition) is 1. The second-order valence-electron chi connectivity index (χ2n) is 5.03. The summed E-state index contributed by atoms with van der Waals surface area (Å²) in [4.78, 5) is 13.0. The Morgan fingerprint density at radius 2 is 2.00 bits per heavy atom. The summed E-state index contributed by atoms with van der Waals surface area (Å²) in [6.07, 6.45) is -3.01. The van der Waals surface area contributed by atoms with Gasteiger partial charge in [0, 0.05) is 5.69 Å². The summed E-state index contributed by atoms with van der Waals surface area (Å²) in [5.74, 6) is -3.19. The average molecular weight is 312 g/mol. The normalized spacial score (nSPS) is 13.0. The van der Waals surface area contributed by atoms with Gasteiger partial charge in [-0.2, -0.15) is 28.2 Å². The van der Waals surface area contributed by atoms with Crippen molar-refractivity contribution in [3.8, 4) is 5.69 Å². The number of amides is 1. The lowest BCUT2D eigenvalue weighted by molar-refractivity contribution is -0.175. The molecule has 0 aliphatic heterocycles. The Balaban J connectivity index is 2.25. The summed E-state index contributed by atoms with van der Waals surface area (Å²) in [6.45, 7) is 4.41. The molecule has 2 rings (SSSR count). The quantitative estimate of drug-likeness (QED) is 0.947. The number of nitrogens with zero attached hydrogens (tertiary/aromatic N) is 3. The van der Waals surface area contributed by atoms with E-state index in [-0.39, 0.29) is 5.69 Å². The van der Waals surface area contributed by atoms with Gasteiger partial charge in [-0.3, -0.25) is 4.79 Å². The van der Waals surface area contributed by atoms with Crippen molar-refractivity contribution in [2.45, 2.75) is 26.9 Å². The Morgan fingerprint density at radius 3 is 2.55 bits per heavy atom. The van der Waals surface area contributed by atoms with Crippen LogP contribution in [0.25, 0.3) is 5.69 Å². The van der Waals surface area contributed by atoms with Gasteiger partial charge in [0.1, 0.15) is 5.92 Å². The third-order valence-corrected chi connectivity index (χ3v) is 3.18. The van der Waals surface area contributed by atoms with Gasteiger partial charge >= 0.3 is 6.18 Å².